The Morgan fingerprint density at radius 2 is 1.89 bits per heavy atom. The van der Waals surface area contributed by atoms with Crippen molar-refractivity contribution >= 4 is 17.7 Å². The second kappa shape index (κ2) is 6.42. The molecule has 1 heterocycles. The Morgan fingerprint density at radius 1 is 1.39 bits per heavy atom. The summed E-state index contributed by atoms with van der Waals surface area (Å²) in [5.74, 6) is -2.19. The smallest absolute Gasteiger partial charge is 0.475 e. The van der Waals surface area contributed by atoms with Crippen molar-refractivity contribution in [3.8, 4) is 0 Å². The summed E-state index contributed by atoms with van der Waals surface area (Å²) >= 11 is 0. The second-order valence-corrected chi connectivity index (χ2v) is 3.03. The van der Waals surface area contributed by atoms with E-state index in [2.05, 4.69) is 9.98 Å². The summed E-state index contributed by atoms with van der Waals surface area (Å²) in [6.45, 7) is 1.95. The van der Waals surface area contributed by atoms with Gasteiger partial charge in [-0.15, -0.1) is 0 Å². The number of aromatic nitrogens is 1. The molecule has 0 atom stereocenters. The van der Waals surface area contributed by atoms with Crippen molar-refractivity contribution in [2.45, 2.75) is 13.1 Å². The molecule has 0 fully saturated rings. The van der Waals surface area contributed by atoms with Crippen LogP contribution in [-0.4, -0.2) is 28.2 Å². The topological polar surface area (TPSA) is 115 Å². The molecule has 0 amide bonds. The van der Waals surface area contributed by atoms with Crippen LogP contribution in [0.1, 0.15) is 5.56 Å². The summed E-state index contributed by atoms with van der Waals surface area (Å²) in [7, 11) is 0. The van der Waals surface area contributed by atoms with E-state index in [1.54, 1.807) is 12.3 Å². The summed E-state index contributed by atoms with van der Waals surface area (Å²) in [6.07, 6.45) is -3.37. The molecule has 9 heteroatoms. The lowest BCUT2D eigenvalue weighted by Crippen LogP contribution is -2.22. The molecule has 0 radical (unpaired) electrons. The zero-order valence-corrected chi connectivity index (χ0v) is 9.27. The van der Waals surface area contributed by atoms with Crippen LogP contribution >= 0.6 is 0 Å². The first-order valence-electron chi connectivity index (χ1n) is 4.45. The molecule has 0 aliphatic carbocycles. The summed E-state index contributed by atoms with van der Waals surface area (Å²) in [6, 6.07) is 3.66. The fourth-order valence-electron chi connectivity index (χ4n) is 0.658. The van der Waals surface area contributed by atoms with Gasteiger partial charge >= 0.3 is 12.1 Å². The largest absolute Gasteiger partial charge is 0.490 e. The number of nitrogens with zero attached hydrogens (tertiary/aromatic N) is 2. The molecule has 6 nitrogen and oxygen atoms in total. The Balaban J connectivity index is 0.000000360. The number of rotatable bonds is 1. The summed E-state index contributed by atoms with van der Waals surface area (Å²) in [5, 5.41) is 7.12. The number of carboxylic acids is 1. The Hall–Kier alpha value is -2.32. The zero-order chi connectivity index (χ0) is 14.3. The average Bonchev–Trinajstić information content (AvgIpc) is 2.20. The molecule has 0 aromatic carbocycles. The van der Waals surface area contributed by atoms with Crippen molar-refractivity contribution in [2.75, 3.05) is 0 Å². The Labute approximate surface area is 100 Å². The predicted molar refractivity (Wildman–Crippen MR) is 58.1 cm³/mol. The van der Waals surface area contributed by atoms with E-state index in [1.165, 1.54) is 0 Å². The molecule has 0 aliphatic heterocycles. The minimum atomic E-state index is -5.08. The van der Waals surface area contributed by atoms with Crippen molar-refractivity contribution in [1.82, 2.24) is 4.98 Å². The fraction of sp³-hybridized carbons (Fsp3) is 0.222. The third-order valence-electron chi connectivity index (χ3n) is 1.38. The number of aliphatic imine (C=N–C) groups is 1. The highest BCUT2D eigenvalue weighted by Gasteiger charge is 2.38. The minimum absolute atomic E-state index is 0.0290. The molecule has 0 aliphatic rings. The molecule has 1 rings (SSSR count). The monoisotopic (exact) mass is 264 g/mol. The minimum Gasteiger partial charge on any atom is -0.475 e. The lowest BCUT2D eigenvalue weighted by atomic mass is 10.3. The molecule has 0 unspecified atom stereocenters. The molecule has 100 valence electrons. The average molecular weight is 264 g/mol. The van der Waals surface area contributed by atoms with Crippen molar-refractivity contribution in [3.63, 3.8) is 0 Å². The second-order valence-electron chi connectivity index (χ2n) is 3.03. The van der Waals surface area contributed by atoms with Crippen molar-refractivity contribution < 1.29 is 23.1 Å². The first-order chi connectivity index (χ1) is 8.12. The first-order valence-corrected chi connectivity index (χ1v) is 4.45. The number of guanidine groups is 1. The van der Waals surface area contributed by atoms with E-state index in [0.717, 1.165) is 5.56 Å². The summed E-state index contributed by atoms with van der Waals surface area (Å²) in [4.78, 5) is 16.6. The van der Waals surface area contributed by atoms with Gasteiger partial charge in [0.05, 0.1) is 0 Å². The van der Waals surface area contributed by atoms with Crippen molar-refractivity contribution in [2.24, 2.45) is 16.5 Å². The number of aryl methyl sites for hydroxylation is 1. The van der Waals surface area contributed by atoms with Gasteiger partial charge in [0, 0.05) is 6.20 Å². The van der Waals surface area contributed by atoms with Gasteiger partial charge in [-0.25, -0.2) is 9.78 Å². The number of halogens is 3. The van der Waals surface area contributed by atoms with E-state index >= 15 is 0 Å². The molecular formula is C9H11F3N4O2. The van der Waals surface area contributed by atoms with Crippen LogP contribution in [0.3, 0.4) is 0 Å². The number of nitrogens with two attached hydrogens (primary N) is 2. The molecule has 1 aromatic heterocycles. The van der Waals surface area contributed by atoms with Crippen LogP contribution in [0.25, 0.3) is 0 Å². The van der Waals surface area contributed by atoms with Crippen LogP contribution in [0.2, 0.25) is 0 Å². The van der Waals surface area contributed by atoms with Gasteiger partial charge in [-0.1, -0.05) is 6.07 Å². The lowest BCUT2D eigenvalue weighted by Gasteiger charge is -1.93. The van der Waals surface area contributed by atoms with Gasteiger partial charge in [0.2, 0.25) is 0 Å². The highest BCUT2D eigenvalue weighted by Crippen LogP contribution is 2.13. The standard InChI is InChI=1S/C7H10N4.C2HF3O2/c1-5-2-3-6(10-4-5)11-7(8)9;3-2(4,5)1(6)7/h2-4H,1H3,(H4,8,9,10,11);(H,6,7). The quantitative estimate of drug-likeness (QED) is 0.515. The third-order valence-corrected chi connectivity index (χ3v) is 1.38. The van der Waals surface area contributed by atoms with Crippen LogP contribution < -0.4 is 11.5 Å². The van der Waals surface area contributed by atoms with Crippen LogP contribution in [0.15, 0.2) is 23.3 Å². The van der Waals surface area contributed by atoms with Crippen molar-refractivity contribution in [3.05, 3.63) is 23.9 Å². The number of alkyl halides is 3. The van der Waals surface area contributed by atoms with E-state index in [9.17, 15) is 13.2 Å². The highest BCUT2D eigenvalue weighted by atomic mass is 19.4. The predicted octanol–water partition coefficient (Wildman–Crippen LogP) is 0.928. The van der Waals surface area contributed by atoms with E-state index in [-0.39, 0.29) is 5.96 Å². The van der Waals surface area contributed by atoms with Crippen LogP contribution in [0.4, 0.5) is 19.0 Å². The number of aliphatic carboxylic acids is 1. The number of hydrogen-bond acceptors (Lipinski definition) is 3. The Bertz CT molecular complexity index is 424. The lowest BCUT2D eigenvalue weighted by molar-refractivity contribution is -0.192. The SMILES string of the molecule is Cc1ccc(N=C(N)N)nc1.O=C(O)C(F)(F)F. The maximum absolute atomic E-state index is 10.6. The first kappa shape index (κ1) is 15.7. The Kier molecular flexibility index (Phi) is 5.60. The maximum atomic E-state index is 10.6. The van der Waals surface area contributed by atoms with E-state index in [0.29, 0.717) is 5.82 Å². The maximum Gasteiger partial charge on any atom is 0.490 e. The fourth-order valence-corrected chi connectivity index (χ4v) is 0.658. The van der Waals surface area contributed by atoms with Gasteiger partial charge in [0.25, 0.3) is 0 Å². The molecule has 5 N–H and O–H groups in total. The number of hydrogen-bond donors (Lipinski definition) is 3. The molecular weight excluding hydrogens is 253 g/mol. The number of carbonyl (C=O) groups is 1. The van der Waals surface area contributed by atoms with E-state index < -0.39 is 12.1 Å². The van der Waals surface area contributed by atoms with Crippen LogP contribution in [0.5, 0.6) is 0 Å². The van der Waals surface area contributed by atoms with Crippen LogP contribution in [0, 0.1) is 6.92 Å². The van der Waals surface area contributed by atoms with E-state index in [1.807, 2.05) is 13.0 Å². The van der Waals surface area contributed by atoms with Gasteiger partial charge < -0.3 is 16.6 Å². The summed E-state index contributed by atoms with van der Waals surface area (Å²) < 4.78 is 31.7. The molecule has 0 saturated heterocycles. The van der Waals surface area contributed by atoms with Crippen LogP contribution in [-0.2, 0) is 4.79 Å². The normalized spacial score (nSPS) is 10.0. The third kappa shape index (κ3) is 7.04. The highest BCUT2D eigenvalue weighted by molar-refractivity contribution is 5.78. The van der Waals surface area contributed by atoms with Gasteiger partial charge in [-0.2, -0.15) is 18.2 Å². The zero-order valence-electron chi connectivity index (χ0n) is 9.27. The molecule has 0 bridgehead atoms. The number of carboxylic acid groups (broad SMARTS) is 1. The molecule has 0 spiro atoms. The van der Waals surface area contributed by atoms with E-state index in [4.69, 9.17) is 21.4 Å². The van der Waals surface area contributed by atoms with Gasteiger partial charge in [0.1, 0.15) is 0 Å². The Morgan fingerprint density at radius 3 is 2.17 bits per heavy atom. The number of pyridine rings is 1. The summed E-state index contributed by atoms with van der Waals surface area (Å²) in [5.41, 5.74) is 11.4. The molecule has 18 heavy (non-hydrogen) atoms. The van der Waals surface area contributed by atoms with Gasteiger partial charge in [0.15, 0.2) is 11.8 Å². The molecule has 1 aromatic rings. The van der Waals surface area contributed by atoms with Crippen molar-refractivity contribution in [1.29, 1.82) is 0 Å². The van der Waals surface area contributed by atoms with Gasteiger partial charge in [-0.3, -0.25) is 0 Å². The van der Waals surface area contributed by atoms with Gasteiger partial charge in [-0.05, 0) is 18.6 Å². The molecule has 0 saturated carbocycles.